The minimum Gasteiger partial charge on any atom is -0.481 e. The first-order valence-corrected chi connectivity index (χ1v) is 11.5. The van der Waals surface area contributed by atoms with Crippen molar-refractivity contribution in [3.8, 4) is 22.3 Å². The Morgan fingerprint density at radius 2 is 1.38 bits per heavy atom. The number of hydrogen-bond donors (Lipinski definition) is 2. The highest BCUT2D eigenvalue weighted by molar-refractivity contribution is 5.82. The van der Waals surface area contributed by atoms with E-state index in [2.05, 4.69) is 0 Å². The van der Waals surface area contributed by atoms with Gasteiger partial charge in [-0.25, -0.2) is 0 Å². The van der Waals surface area contributed by atoms with Crippen LogP contribution in [0.1, 0.15) is 18.4 Å². The molecule has 2 N–H and O–H groups in total. The summed E-state index contributed by atoms with van der Waals surface area (Å²) < 4.78 is 45.7. The Kier molecular flexibility index (Phi) is 7.22. The summed E-state index contributed by atoms with van der Waals surface area (Å²) in [6.45, 7) is 0. The molecule has 2 aliphatic heterocycles. The van der Waals surface area contributed by atoms with Gasteiger partial charge in [0.25, 0.3) is 0 Å². The monoisotopic (exact) mass is 515 g/mol. The first kappa shape index (κ1) is 26.2. The van der Waals surface area contributed by atoms with Crippen LogP contribution < -0.4 is 5.43 Å². The van der Waals surface area contributed by atoms with Crippen LogP contribution in [-0.2, 0) is 27.5 Å². The highest BCUT2D eigenvalue weighted by atomic mass is 19.4. The molecule has 3 aromatic rings. The van der Waals surface area contributed by atoms with Crippen molar-refractivity contribution >= 4 is 11.9 Å². The molecule has 0 radical (unpaired) electrons. The summed E-state index contributed by atoms with van der Waals surface area (Å²) in [5, 5.41) is 17.6. The summed E-state index contributed by atoms with van der Waals surface area (Å²) in [5.41, 5.74) is 0.610. The molecular formula is C27H24F3NO6. The Bertz CT molecular complexity index is 1340. The molecule has 0 saturated carbocycles. The number of nitrogens with zero attached hydrogens (tertiary/aromatic N) is 1. The zero-order valence-electron chi connectivity index (χ0n) is 19.7. The number of pyridine rings is 1. The number of aryl methyl sites for hydroxylation is 1. The van der Waals surface area contributed by atoms with E-state index in [0.717, 1.165) is 17.7 Å². The standard InChI is InChI=1S/C19H14F3NO.C8H10O5/c1-23-11-16(13-6-3-2-4-7-13)18(24)17(12-23)14-8-5-9-15(10-14)19(20,21)22;9-7(10)5-3-1-2-4(13-3)6(5)8(11)12/h2-12H,1H3;3-6H,1-2H2,(H,9,10)(H,11,12)/t;3-,4+,5?,6?. The Morgan fingerprint density at radius 3 is 1.89 bits per heavy atom. The Hall–Kier alpha value is -3.92. The van der Waals surface area contributed by atoms with Gasteiger partial charge in [-0.05, 0) is 36.1 Å². The maximum Gasteiger partial charge on any atom is 0.416 e. The van der Waals surface area contributed by atoms with Crippen molar-refractivity contribution in [1.29, 1.82) is 0 Å². The molecule has 2 unspecified atom stereocenters. The van der Waals surface area contributed by atoms with Crippen molar-refractivity contribution in [3.05, 3.63) is 82.8 Å². The van der Waals surface area contributed by atoms with E-state index in [4.69, 9.17) is 14.9 Å². The van der Waals surface area contributed by atoms with Crippen LogP contribution in [0.5, 0.6) is 0 Å². The number of carbonyl (C=O) groups is 2. The highest BCUT2D eigenvalue weighted by Gasteiger charge is 2.55. The Labute approximate surface area is 209 Å². The molecule has 10 heteroatoms. The quantitative estimate of drug-likeness (QED) is 0.523. The minimum atomic E-state index is -4.45. The van der Waals surface area contributed by atoms with Crippen LogP contribution in [0.15, 0.2) is 71.8 Å². The van der Waals surface area contributed by atoms with Crippen molar-refractivity contribution < 1.29 is 37.7 Å². The van der Waals surface area contributed by atoms with Gasteiger partial charge in [0, 0.05) is 30.6 Å². The van der Waals surface area contributed by atoms with Gasteiger partial charge in [0.15, 0.2) is 5.43 Å². The first-order valence-electron chi connectivity index (χ1n) is 11.5. The summed E-state index contributed by atoms with van der Waals surface area (Å²) in [6, 6.07) is 13.9. The lowest BCUT2D eigenvalue weighted by Gasteiger charge is -2.20. The molecule has 3 heterocycles. The number of aliphatic carboxylic acids is 2. The number of hydrogen-bond acceptors (Lipinski definition) is 4. The van der Waals surface area contributed by atoms with Gasteiger partial charge in [0.2, 0.25) is 0 Å². The van der Waals surface area contributed by atoms with E-state index < -0.39 is 35.5 Å². The zero-order chi connectivity index (χ0) is 26.9. The molecule has 2 aromatic carbocycles. The predicted octanol–water partition coefficient (Wildman–Crippen LogP) is 4.69. The third kappa shape index (κ3) is 5.43. The molecule has 0 aliphatic carbocycles. The second-order valence-corrected chi connectivity index (χ2v) is 9.04. The smallest absolute Gasteiger partial charge is 0.416 e. The Balaban J connectivity index is 0.000000207. The van der Waals surface area contributed by atoms with Crippen molar-refractivity contribution in [2.75, 3.05) is 0 Å². The van der Waals surface area contributed by atoms with Gasteiger partial charge in [-0.2, -0.15) is 13.2 Å². The molecule has 2 fully saturated rings. The molecule has 7 nitrogen and oxygen atoms in total. The molecular weight excluding hydrogens is 491 g/mol. The largest absolute Gasteiger partial charge is 0.481 e. The Morgan fingerprint density at radius 1 is 0.865 bits per heavy atom. The van der Waals surface area contributed by atoms with Crippen LogP contribution in [0.2, 0.25) is 0 Å². The first-order chi connectivity index (χ1) is 17.5. The van der Waals surface area contributed by atoms with Crippen molar-refractivity contribution in [1.82, 2.24) is 4.57 Å². The van der Waals surface area contributed by atoms with E-state index in [-0.39, 0.29) is 28.8 Å². The molecule has 194 valence electrons. The fourth-order valence-electron chi connectivity index (χ4n) is 4.90. The number of halogens is 3. The van der Waals surface area contributed by atoms with Crippen molar-refractivity contribution in [3.63, 3.8) is 0 Å². The average Bonchev–Trinajstić information content (AvgIpc) is 3.48. The number of rotatable bonds is 4. The van der Waals surface area contributed by atoms with Crippen LogP contribution in [0.3, 0.4) is 0 Å². The SMILES string of the molecule is Cn1cc(-c2ccccc2)c(=O)c(-c2cccc(C(F)(F)F)c2)c1.O=C(O)C1C(C(=O)O)[C@H]2CC[C@@H]1O2. The molecule has 0 spiro atoms. The number of ether oxygens (including phenoxy) is 1. The molecule has 5 rings (SSSR count). The molecule has 1 aromatic heterocycles. The molecule has 4 atom stereocenters. The molecule has 37 heavy (non-hydrogen) atoms. The van der Waals surface area contributed by atoms with Crippen LogP contribution in [0.25, 0.3) is 22.3 Å². The second kappa shape index (κ2) is 10.2. The van der Waals surface area contributed by atoms with E-state index in [0.29, 0.717) is 18.4 Å². The van der Waals surface area contributed by atoms with E-state index >= 15 is 0 Å². The van der Waals surface area contributed by atoms with Gasteiger partial charge in [0.1, 0.15) is 0 Å². The minimum absolute atomic E-state index is 0.241. The van der Waals surface area contributed by atoms with Gasteiger partial charge >= 0.3 is 18.1 Å². The fourth-order valence-corrected chi connectivity index (χ4v) is 4.90. The van der Waals surface area contributed by atoms with E-state index in [1.54, 1.807) is 36.1 Å². The van der Waals surface area contributed by atoms with Gasteiger partial charge in [-0.3, -0.25) is 14.4 Å². The fraction of sp³-hybridized carbons (Fsp3) is 0.296. The third-order valence-corrected chi connectivity index (χ3v) is 6.58. The number of carboxylic acids is 2. The molecule has 2 saturated heterocycles. The number of alkyl halides is 3. The van der Waals surface area contributed by atoms with Gasteiger partial charge in [-0.15, -0.1) is 0 Å². The van der Waals surface area contributed by atoms with Crippen molar-refractivity contribution in [2.45, 2.75) is 31.2 Å². The van der Waals surface area contributed by atoms with Crippen LogP contribution in [-0.4, -0.2) is 38.9 Å². The third-order valence-electron chi connectivity index (χ3n) is 6.58. The average molecular weight is 515 g/mol. The predicted molar refractivity (Wildman–Crippen MR) is 128 cm³/mol. The maximum atomic E-state index is 12.9. The van der Waals surface area contributed by atoms with Crippen LogP contribution in [0.4, 0.5) is 13.2 Å². The van der Waals surface area contributed by atoms with Crippen molar-refractivity contribution in [2.24, 2.45) is 18.9 Å². The van der Waals surface area contributed by atoms with Gasteiger partial charge in [-0.1, -0.05) is 42.5 Å². The maximum absolute atomic E-state index is 12.9. The topological polar surface area (TPSA) is 106 Å². The lowest BCUT2D eigenvalue weighted by atomic mass is 9.79. The normalized spacial score (nSPS) is 22.3. The summed E-state index contributed by atoms with van der Waals surface area (Å²) in [5.74, 6) is -3.81. The van der Waals surface area contributed by atoms with Crippen LogP contribution in [0, 0.1) is 11.8 Å². The van der Waals surface area contributed by atoms with Gasteiger partial charge < -0.3 is 19.5 Å². The van der Waals surface area contributed by atoms with E-state index in [9.17, 15) is 27.6 Å². The zero-order valence-corrected chi connectivity index (χ0v) is 19.7. The number of fused-ring (bicyclic) bond motifs is 2. The summed E-state index contributed by atoms with van der Waals surface area (Å²) in [6.07, 6.45) is -0.652. The number of carboxylic acid groups (broad SMARTS) is 2. The number of aromatic nitrogens is 1. The number of benzene rings is 2. The summed E-state index contributed by atoms with van der Waals surface area (Å²) >= 11 is 0. The van der Waals surface area contributed by atoms with Gasteiger partial charge in [0.05, 0.1) is 29.6 Å². The highest BCUT2D eigenvalue weighted by Crippen LogP contribution is 2.43. The lowest BCUT2D eigenvalue weighted by molar-refractivity contribution is -0.154. The summed E-state index contributed by atoms with van der Waals surface area (Å²) in [4.78, 5) is 34.3. The second-order valence-electron chi connectivity index (χ2n) is 9.04. The van der Waals surface area contributed by atoms with Crippen LogP contribution >= 0.6 is 0 Å². The molecule has 2 aliphatic rings. The molecule has 2 bridgehead atoms. The summed E-state index contributed by atoms with van der Waals surface area (Å²) in [7, 11) is 1.74. The molecule has 0 amide bonds. The lowest BCUT2D eigenvalue weighted by Crippen LogP contribution is -2.38. The van der Waals surface area contributed by atoms with E-state index in [1.165, 1.54) is 12.1 Å². The van der Waals surface area contributed by atoms with E-state index in [1.807, 2.05) is 18.2 Å².